The maximum atomic E-state index is 12.0. The highest BCUT2D eigenvalue weighted by Gasteiger charge is 2.10. The van der Waals surface area contributed by atoms with E-state index < -0.39 is 0 Å². The van der Waals surface area contributed by atoms with E-state index in [0.29, 0.717) is 29.5 Å². The maximum absolute atomic E-state index is 12.0. The van der Waals surface area contributed by atoms with Crippen LogP contribution in [0.15, 0.2) is 35.9 Å². The number of ether oxygens (including phenoxy) is 1. The molecule has 8 heteroatoms. The monoisotopic (exact) mass is 390 g/mol. The zero-order chi connectivity index (χ0) is 18.5. The molecule has 1 amide bonds. The Morgan fingerprint density at radius 2 is 2.38 bits per heavy atom. The molecule has 6 nitrogen and oxygen atoms in total. The van der Waals surface area contributed by atoms with E-state index in [-0.39, 0.29) is 5.91 Å². The van der Waals surface area contributed by atoms with Gasteiger partial charge in [0, 0.05) is 36.2 Å². The molecule has 2 heterocycles. The van der Waals surface area contributed by atoms with Gasteiger partial charge in [-0.15, -0.1) is 0 Å². The molecule has 0 unspecified atom stereocenters. The summed E-state index contributed by atoms with van der Waals surface area (Å²) in [6, 6.07) is 5.47. The third-order valence-electron chi connectivity index (χ3n) is 3.94. The van der Waals surface area contributed by atoms with E-state index >= 15 is 0 Å². The van der Waals surface area contributed by atoms with E-state index in [2.05, 4.69) is 15.5 Å². The van der Waals surface area contributed by atoms with Crippen LogP contribution in [0.5, 0.6) is 5.75 Å². The van der Waals surface area contributed by atoms with Crippen molar-refractivity contribution in [2.45, 2.75) is 19.9 Å². The number of carbonyl (C=O) groups is 1. The molecule has 0 saturated carbocycles. The Kier molecular flexibility index (Phi) is 5.90. The van der Waals surface area contributed by atoms with Crippen LogP contribution in [0.2, 0.25) is 5.02 Å². The molecular weight excluding hydrogens is 372 g/mol. The fourth-order valence-electron chi connectivity index (χ4n) is 2.65. The molecule has 1 aromatic heterocycles. The first-order valence-electron chi connectivity index (χ1n) is 8.29. The first-order chi connectivity index (χ1) is 12.6. The average Bonchev–Trinajstić information content (AvgIpc) is 2.99. The van der Waals surface area contributed by atoms with Crippen LogP contribution in [0.4, 0.5) is 0 Å². The lowest BCUT2D eigenvalue weighted by atomic mass is 10.1. The number of halogens is 1. The van der Waals surface area contributed by atoms with Crippen molar-refractivity contribution >= 4 is 35.8 Å². The second-order valence-corrected chi connectivity index (χ2v) is 6.59. The van der Waals surface area contributed by atoms with Gasteiger partial charge < -0.3 is 14.6 Å². The summed E-state index contributed by atoms with van der Waals surface area (Å²) >= 11 is 11.2. The fraction of sp³-hybridized carbons (Fsp3) is 0.278. The summed E-state index contributed by atoms with van der Waals surface area (Å²) in [5.74, 6) is 1.50. The smallest absolute Gasteiger partial charge is 0.244 e. The van der Waals surface area contributed by atoms with Gasteiger partial charge in [-0.1, -0.05) is 24.6 Å². The Morgan fingerprint density at radius 3 is 3.19 bits per heavy atom. The van der Waals surface area contributed by atoms with Crippen LogP contribution < -0.4 is 10.1 Å². The highest BCUT2D eigenvalue weighted by atomic mass is 35.5. The van der Waals surface area contributed by atoms with Crippen molar-refractivity contribution < 1.29 is 9.53 Å². The Hall–Kier alpha value is -2.38. The van der Waals surface area contributed by atoms with Crippen LogP contribution in [0.25, 0.3) is 6.08 Å². The fourth-order valence-corrected chi connectivity index (χ4v) is 3.07. The predicted octanol–water partition coefficient (Wildman–Crippen LogP) is 3.30. The largest absolute Gasteiger partial charge is 0.488 e. The van der Waals surface area contributed by atoms with Gasteiger partial charge in [0.2, 0.25) is 5.91 Å². The molecule has 1 aliphatic heterocycles. The number of hydrogen-bond acceptors (Lipinski definition) is 4. The number of nitrogens with zero attached hydrogens (tertiary/aromatic N) is 2. The summed E-state index contributed by atoms with van der Waals surface area (Å²) < 4.78 is 8.11. The topological polar surface area (TPSA) is 71.9 Å². The van der Waals surface area contributed by atoms with Crippen LogP contribution in [-0.2, 0) is 17.8 Å². The van der Waals surface area contributed by atoms with Crippen molar-refractivity contribution in [2.75, 3.05) is 13.2 Å². The number of carbonyl (C=O) groups excluding carboxylic acids is 1. The summed E-state index contributed by atoms with van der Waals surface area (Å²) in [5.41, 5.74) is 1.81. The van der Waals surface area contributed by atoms with E-state index in [1.165, 1.54) is 6.08 Å². The van der Waals surface area contributed by atoms with Gasteiger partial charge in [0.15, 0.2) is 4.77 Å². The van der Waals surface area contributed by atoms with Crippen LogP contribution in [-0.4, -0.2) is 33.8 Å². The van der Waals surface area contributed by atoms with Crippen molar-refractivity contribution in [1.29, 1.82) is 0 Å². The SMILES string of the molecule is CCc1n[nH]c(=S)n1CCNC(=O)/C=C/C1=Cc2cc(Cl)ccc2OC1. The molecule has 0 fully saturated rings. The lowest BCUT2D eigenvalue weighted by Crippen LogP contribution is -2.26. The third-order valence-corrected chi connectivity index (χ3v) is 4.49. The van der Waals surface area contributed by atoms with E-state index in [1.54, 1.807) is 12.1 Å². The number of H-pyrrole nitrogens is 1. The molecule has 0 spiro atoms. The van der Waals surface area contributed by atoms with E-state index in [9.17, 15) is 4.79 Å². The van der Waals surface area contributed by atoms with Gasteiger partial charge in [-0.2, -0.15) is 5.10 Å². The number of rotatable bonds is 6. The van der Waals surface area contributed by atoms with Crippen LogP contribution in [0.3, 0.4) is 0 Å². The quantitative estimate of drug-likeness (QED) is 0.586. The number of amides is 1. The minimum absolute atomic E-state index is 0.171. The van der Waals surface area contributed by atoms with Crippen LogP contribution >= 0.6 is 23.8 Å². The number of aromatic amines is 1. The first kappa shape index (κ1) is 18.4. The average molecular weight is 391 g/mol. The lowest BCUT2D eigenvalue weighted by Gasteiger charge is -2.16. The van der Waals surface area contributed by atoms with Gasteiger partial charge in [0.05, 0.1) is 0 Å². The number of aryl methyl sites for hydroxylation is 1. The van der Waals surface area contributed by atoms with Gasteiger partial charge >= 0.3 is 0 Å². The molecule has 3 rings (SSSR count). The van der Waals surface area contributed by atoms with E-state index in [0.717, 1.165) is 29.1 Å². The molecule has 0 atom stereocenters. The summed E-state index contributed by atoms with van der Waals surface area (Å²) in [6.45, 7) is 3.48. The van der Waals surface area contributed by atoms with Crippen molar-refractivity contribution in [3.63, 3.8) is 0 Å². The predicted molar refractivity (Wildman–Crippen MR) is 104 cm³/mol. The third kappa shape index (κ3) is 4.42. The van der Waals surface area contributed by atoms with E-state index in [1.807, 2.05) is 29.7 Å². The number of hydrogen-bond donors (Lipinski definition) is 2. The Bertz CT molecular complexity index is 930. The molecule has 2 N–H and O–H groups in total. The molecule has 0 saturated heterocycles. The van der Waals surface area contributed by atoms with Gasteiger partial charge in [0.1, 0.15) is 18.2 Å². The summed E-state index contributed by atoms with van der Waals surface area (Å²) in [6.07, 6.45) is 5.99. The van der Waals surface area contributed by atoms with Gasteiger partial charge in [-0.3, -0.25) is 9.89 Å². The molecular formula is C18H19ClN4O2S. The van der Waals surface area contributed by atoms with Gasteiger partial charge in [0.25, 0.3) is 0 Å². The molecule has 1 aliphatic rings. The molecule has 26 heavy (non-hydrogen) atoms. The number of aromatic nitrogens is 3. The summed E-state index contributed by atoms with van der Waals surface area (Å²) in [7, 11) is 0. The van der Waals surface area contributed by atoms with Crippen molar-refractivity contribution in [2.24, 2.45) is 0 Å². The second-order valence-electron chi connectivity index (χ2n) is 5.76. The van der Waals surface area contributed by atoms with Crippen molar-refractivity contribution in [1.82, 2.24) is 20.1 Å². The highest BCUT2D eigenvalue weighted by Crippen LogP contribution is 2.29. The Balaban J connectivity index is 1.55. The highest BCUT2D eigenvalue weighted by molar-refractivity contribution is 7.71. The Labute approximate surface area is 161 Å². The Morgan fingerprint density at radius 1 is 1.54 bits per heavy atom. The van der Waals surface area contributed by atoms with Crippen molar-refractivity contribution in [3.05, 3.63) is 57.1 Å². The zero-order valence-corrected chi connectivity index (χ0v) is 15.9. The molecule has 0 aliphatic carbocycles. The molecule has 0 bridgehead atoms. The first-order valence-corrected chi connectivity index (χ1v) is 9.08. The maximum Gasteiger partial charge on any atom is 0.244 e. The van der Waals surface area contributed by atoms with Gasteiger partial charge in [-0.05, 0) is 42.1 Å². The van der Waals surface area contributed by atoms with Crippen LogP contribution in [0, 0.1) is 4.77 Å². The minimum atomic E-state index is -0.171. The number of fused-ring (bicyclic) bond motifs is 1. The minimum Gasteiger partial charge on any atom is -0.488 e. The second kappa shape index (κ2) is 8.33. The van der Waals surface area contributed by atoms with Gasteiger partial charge in [-0.25, -0.2) is 0 Å². The molecule has 136 valence electrons. The van der Waals surface area contributed by atoms with Crippen LogP contribution in [0.1, 0.15) is 18.3 Å². The lowest BCUT2D eigenvalue weighted by molar-refractivity contribution is -0.116. The zero-order valence-electron chi connectivity index (χ0n) is 14.3. The summed E-state index contributed by atoms with van der Waals surface area (Å²) in [4.78, 5) is 12.0. The molecule has 0 radical (unpaired) electrons. The van der Waals surface area contributed by atoms with E-state index in [4.69, 9.17) is 28.6 Å². The molecule has 1 aromatic carbocycles. The number of benzene rings is 1. The normalized spacial score (nSPS) is 13.2. The molecule has 2 aromatic rings. The standard InChI is InChI=1S/C18H19ClN4O2S/c1-2-16-21-22-18(26)23(16)8-7-20-17(24)6-3-12-9-13-10-14(19)4-5-15(13)25-11-12/h3-6,9-10H,2,7-8,11H2,1H3,(H,20,24)(H,22,26)/b6-3+. The number of nitrogens with one attached hydrogen (secondary N) is 2. The van der Waals surface area contributed by atoms with Crippen molar-refractivity contribution in [3.8, 4) is 5.75 Å². The summed E-state index contributed by atoms with van der Waals surface area (Å²) in [5, 5.41) is 10.4.